The molecule has 0 saturated heterocycles. The van der Waals surface area contributed by atoms with Gasteiger partial charge in [0.2, 0.25) is 10.3 Å². The van der Waals surface area contributed by atoms with Crippen LogP contribution in [0.25, 0.3) is 27.6 Å². The van der Waals surface area contributed by atoms with Gasteiger partial charge in [-0.3, -0.25) is 9.89 Å². The monoisotopic (exact) mass is 460 g/mol. The lowest BCUT2D eigenvalue weighted by Crippen LogP contribution is -2.13. The molecule has 3 aromatic heterocycles. The average molecular weight is 461 g/mol. The molecule has 0 amide bonds. The zero-order valence-electron chi connectivity index (χ0n) is 16.8. The van der Waals surface area contributed by atoms with E-state index in [4.69, 9.17) is 4.74 Å². The molecule has 1 N–H and O–H groups in total. The normalized spacial score (nSPS) is 11.3. The van der Waals surface area contributed by atoms with Crippen LogP contribution >= 0.6 is 22.7 Å². The van der Waals surface area contributed by atoms with Gasteiger partial charge in [0.05, 0.1) is 18.5 Å². The van der Waals surface area contributed by atoms with E-state index >= 15 is 0 Å². The van der Waals surface area contributed by atoms with Crippen LogP contribution in [-0.4, -0.2) is 26.9 Å². The molecule has 0 aliphatic heterocycles. The maximum atomic E-state index is 13.3. The minimum Gasteiger partial charge on any atom is -0.497 e. The van der Waals surface area contributed by atoms with Gasteiger partial charge in [-0.05, 0) is 12.1 Å². The van der Waals surface area contributed by atoms with E-state index in [1.807, 2.05) is 60.0 Å². The Balaban J connectivity index is 1.63. The summed E-state index contributed by atoms with van der Waals surface area (Å²) < 4.78 is 6.73. The number of thiazole rings is 2. The maximum Gasteiger partial charge on any atom is 0.301 e. The SMILES string of the molecule is COc1cccc(-c2[nH]n(-c3nc(-c4ccccc4)cs3)c(=O)c2N=Nc2nccs2)c1. The zero-order chi connectivity index (χ0) is 21.9. The van der Waals surface area contributed by atoms with E-state index in [1.165, 1.54) is 27.4 Å². The van der Waals surface area contributed by atoms with Crippen LogP contribution in [0.3, 0.4) is 0 Å². The van der Waals surface area contributed by atoms with Gasteiger partial charge in [0, 0.05) is 28.1 Å². The minimum atomic E-state index is -0.350. The van der Waals surface area contributed by atoms with Crippen molar-refractivity contribution in [3.8, 4) is 33.4 Å². The highest BCUT2D eigenvalue weighted by molar-refractivity contribution is 7.13. The summed E-state index contributed by atoms with van der Waals surface area (Å²) >= 11 is 2.70. The molecule has 158 valence electrons. The van der Waals surface area contributed by atoms with Gasteiger partial charge in [-0.2, -0.15) is 4.68 Å². The molecule has 0 bridgehead atoms. The molecule has 0 spiro atoms. The molecular formula is C22H16N6O2S2. The van der Waals surface area contributed by atoms with Crippen molar-refractivity contribution in [3.63, 3.8) is 0 Å². The number of nitrogens with zero attached hydrogens (tertiary/aromatic N) is 5. The van der Waals surface area contributed by atoms with Crippen molar-refractivity contribution in [1.82, 2.24) is 19.7 Å². The summed E-state index contributed by atoms with van der Waals surface area (Å²) in [6, 6.07) is 17.2. The third-order valence-corrected chi connectivity index (χ3v) is 6.11. The molecule has 2 aromatic carbocycles. The van der Waals surface area contributed by atoms with E-state index < -0.39 is 0 Å². The van der Waals surface area contributed by atoms with E-state index in [0.29, 0.717) is 21.7 Å². The Labute approximate surface area is 190 Å². The highest BCUT2D eigenvalue weighted by atomic mass is 32.1. The zero-order valence-corrected chi connectivity index (χ0v) is 18.4. The van der Waals surface area contributed by atoms with Crippen molar-refractivity contribution in [3.05, 3.63) is 81.9 Å². The van der Waals surface area contributed by atoms with E-state index in [2.05, 4.69) is 25.3 Å². The fourth-order valence-electron chi connectivity index (χ4n) is 3.10. The summed E-state index contributed by atoms with van der Waals surface area (Å²) in [6.45, 7) is 0. The molecular weight excluding hydrogens is 444 g/mol. The molecule has 0 unspecified atom stereocenters. The summed E-state index contributed by atoms with van der Waals surface area (Å²) in [5.41, 5.74) is 2.85. The van der Waals surface area contributed by atoms with Crippen molar-refractivity contribution >= 4 is 33.5 Å². The standard InChI is InChI=1S/C22H16N6O2S2/c1-30-16-9-5-8-15(12-16)18-19(25-26-21-23-10-11-31-21)20(29)28(27-18)22-24-17(13-32-22)14-6-3-2-4-7-14/h2-13,27H,1H3. The van der Waals surface area contributed by atoms with Gasteiger partial charge in [-0.1, -0.05) is 42.5 Å². The average Bonchev–Trinajstić information content (AvgIpc) is 3.59. The maximum absolute atomic E-state index is 13.3. The first kappa shape index (κ1) is 20.0. The van der Waals surface area contributed by atoms with Crippen molar-refractivity contribution in [2.75, 3.05) is 7.11 Å². The second kappa shape index (κ2) is 8.69. The van der Waals surface area contributed by atoms with Crippen LogP contribution < -0.4 is 10.3 Å². The number of azo groups is 1. The number of nitrogens with one attached hydrogen (secondary N) is 1. The molecule has 0 aliphatic carbocycles. The van der Waals surface area contributed by atoms with Crippen molar-refractivity contribution in [1.29, 1.82) is 0 Å². The molecule has 3 heterocycles. The van der Waals surface area contributed by atoms with Crippen molar-refractivity contribution < 1.29 is 4.74 Å². The summed E-state index contributed by atoms with van der Waals surface area (Å²) in [5.74, 6) is 0.666. The van der Waals surface area contributed by atoms with E-state index in [9.17, 15) is 4.79 Å². The lowest BCUT2D eigenvalue weighted by molar-refractivity contribution is 0.415. The largest absolute Gasteiger partial charge is 0.497 e. The minimum absolute atomic E-state index is 0.171. The highest BCUT2D eigenvalue weighted by Crippen LogP contribution is 2.31. The quantitative estimate of drug-likeness (QED) is 0.322. The fraction of sp³-hybridized carbons (Fsp3) is 0.0455. The van der Waals surface area contributed by atoms with Crippen LogP contribution in [-0.2, 0) is 0 Å². The van der Waals surface area contributed by atoms with Crippen LogP contribution in [0.2, 0.25) is 0 Å². The lowest BCUT2D eigenvalue weighted by atomic mass is 10.1. The van der Waals surface area contributed by atoms with E-state index in [-0.39, 0.29) is 11.2 Å². The second-order valence-electron chi connectivity index (χ2n) is 6.60. The van der Waals surface area contributed by atoms with E-state index in [0.717, 1.165) is 16.8 Å². The number of methoxy groups -OCH3 is 1. The molecule has 32 heavy (non-hydrogen) atoms. The molecule has 0 radical (unpaired) electrons. The Morgan fingerprint density at radius 3 is 2.66 bits per heavy atom. The third kappa shape index (κ3) is 3.88. The Bertz CT molecular complexity index is 1430. The number of aromatic nitrogens is 4. The predicted molar refractivity (Wildman–Crippen MR) is 126 cm³/mol. The van der Waals surface area contributed by atoms with Gasteiger partial charge in [0.25, 0.3) is 0 Å². The summed E-state index contributed by atoms with van der Waals surface area (Å²) in [6.07, 6.45) is 1.64. The Hall–Kier alpha value is -3.89. The van der Waals surface area contributed by atoms with Crippen LogP contribution in [0, 0.1) is 0 Å². The first-order chi connectivity index (χ1) is 15.7. The molecule has 8 nitrogen and oxygen atoms in total. The van der Waals surface area contributed by atoms with Crippen LogP contribution in [0.15, 0.2) is 86.6 Å². The van der Waals surface area contributed by atoms with E-state index in [1.54, 1.807) is 18.7 Å². The molecule has 0 saturated carbocycles. The number of hydrogen-bond acceptors (Lipinski definition) is 8. The Morgan fingerprint density at radius 1 is 1.03 bits per heavy atom. The Kier molecular flexibility index (Phi) is 5.44. The highest BCUT2D eigenvalue weighted by Gasteiger charge is 2.19. The van der Waals surface area contributed by atoms with Crippen LogP contribution in [0.4, 0.5) is 10.8 Å². The molecule has 0 atom stereocenters. The number of H-pyrrole nitrogens is 1. The molecule has 0 fully saturated rings. The summed E-state index contributed by atoms with van der Waals surface area (Å²) in [4.78, 5) is 22.1. The van der Waals surface area contributed by atoms with Gasteiger partial charge >= 0.3 is 5.56 Å². The van der Waals surface area contributed by atoms with Gasteiger partial charge in [-0.15, -0.1) is 32.9 Å². The lowest BCUT2D eigenvalue weighted by Gasteiger charge is -2.03. The van der Waals surface area contributed by atoms with Gasteiger partial charge < -0.3 is 4.74 Å². The number of ether oxygens (including phenoxy) is 1. The first-order valence-corrected chi connectivity index (χ1v) is 11.3. The fourth-order valence-corrected chi connectivity index (χ4v) is 4.35. The van der Waals surface area contributed by atoms with Crippen LogP contribution in [0.1, 0.15) is 0 Å². The summed E-state index contributed by atoms with van der Waals surface area (Å²) in [5, 5.41) is 16.2. The number of hydrogen-bond donors (Lipinski definition) is 1. The van der Waals surface area contributed by atoms with Crippen LogP contribution in [0.5, 0.6) is 5.75 Å². The topological polar surface area (TPSA) is 97.5 Å². The molecule has 5 aromatic rings. The smallest absolute Gasteiger partial charge is 0.301 e. The van der Waals surface area contributed by atoms with Gasteiger partial charge in [-0.25, -0.2) is 9.97 Å². The van der Waals surface area contributed by atoms with Gasteiger partial charge in [0.15, 0.2) is 5.69 Å². The molecule has 10 heteroatoms. The predicted octanol–water partition coefficient (Wildman–Crippen LogP) is 5.84. The number of benzene rings is 2. The second-order valence-corrected chi connectivity index (χ2v) is 8.31. The van der Waals surface area contributed by atoms with Crippen molar-refractivity contribution in [2.24, 2.45) is 10.2 Å². The number of rotatable bonds is 6. The molecule has 5 rings (SSSR count). The third-order valence-electron chi connectivity index (χ3n) is 4.63. The molecule has 0 aliphatic rings. The first-order valence-electron chi connectivity index (χ1n) is 9.55. The Morgan fingerprint density at radius 2 is 1.88 bits per heavy atom. The number of aromatic amines is 1. The van der Waals surface area contributed by atoms with Crippen molar-refractivity contribution in [2.45, 2.75) is 0 Å². The summed E-state index contributed by atoms with van der Waals surface area (Å²) in [7, 11) is 1.59. The van der Waals surface area contributed by atoms with Gasteiger partial charge in [0.1, 0.15) is 5.75 Å².